The fourth-order valence-corrected chi connectivity index (χ4v) is 3.83. The van der Waals surface area contributed by atoms with E-state index in [9.17, 15) is 0 Å². The Morgan fingerprint density at radius 2 is 1.70 bits per heavy atom. The second-order valence-electron chi connectivity index (χ2n) is 6.99. The Kier molecular flexibility index (Phi) is 4.09. The van der Waals surface area contributed by atoms with Gasteiger partial charge in [-0.3, -0.25) is 0 Å². The summed E-state index contributed by atoms with van der Waals surface area (Å²) in [6.45, 7) is 0.578. The van der Waals surface area contributed by atoms with Gasteiger partial charge in [-0.1, -0.05) is 30.3 Å². The van der Waals surface area contributed by atoms with E-state index in [1.54, 1.807) is 0 Å². The van der Waals surface area contributed by atoms with Crippen LogP contribution in [0.15, 0.2) is 66.9 Å². The molecule has 0 radical (unpaired) electrons. The summed E-state index contributed by atoms with van der Waals surface area (Å²) >= 11 is 0. The summed E-state index contributed by atoms with van der Waals surface area (Å²) in [7, 11) is 0. The summed E-state index contributed by atoms with van der Waals surface area (Å²) < 4.78 is 7.91. The van der Waals surface area contributed by atoms with Gasteiger partial charge in [0.05, 0.1) is 11.9 Å². The van der Waals surface area contributed by atoms with E-state index in [1.807, 2.05) is 47.1 Å². The Morgan fingerprint density at radius 1 is 0.889 bits per heavy atom. The molecule has 4 heteroatoms. The minimum Gasteiger partial charge on any atom is -0.489 e. The zero-order valence-corrected chi connectivity index (χ0v) is 15.1. The van der Waals surface area contributed by atoms with E-state index in [1.165, 1.54) is 35.4 Å². The van der Waals surface area contributed by atoms with Crippen LogP contribution in [0.1, 0.15) is 29.7 Å². The Morgan fingerprint density at radius 3 is 2.56 bits per heavy atom. The Bertz CT molecular complexity index is 1070. The van der Waals surface area contributed by atoms with E-state index < -0.39 is 0 Å². The maximum atomic E-state index is 5.93. The van der Waals surface area contributed by atoms with Crippen LogP contribution in [0.4, 0.5) is 0 Å². The van der Waals surface area contributed by atoms with Crippen molar-refractivity contribution in [2.75, 3.05) is 0 Å². The van der Waals surface area contributed by atoms with Crippen molar-refractivity contribution in [1.29, 1.82) is 0 Å². The number of fused-ring (bicyclic) bond motifs is 2. The highest BCUT2D eigenvalue weighted by Crippen LogP contribution is 2.32. The SMILES string of the molecule is c1ccc(COc2ccc(-c3c4c(nc5ccnn35)CCCC4)cc2)cc1. The predicted octanol–water partition coefficient (Wildman–Crippen LogP) is 4.85. The molecule has 0 spiro atoms. The lowest BCUT2D eigenvalue weighted by molar-refractivity contribution is 0.306. The molecule has 0 amide bonds. The van der Waals surface area contributed by atoms with Crippen molar-refractivity contribution in [1.82, 2.24) is 14.6 Å². The quantitative estimate of drug-likeness (QED) is 0.525. The van der Waals surface area contributed by atoms with Crippen molar-refractivity contribution in [3.05, 3.63) is 83.7 Å². The molecular formula is C23H21N3O. The van der Waals surface area contributed by atoms with Crippen molar-refractivity contribution in [2.24, 2.45) is 0 Å². The zero-order valence-electron chi connectivity index (χ0n) is 15.1. The summed E-state index contributed by atoms with van der Waals surface area (Å²) in [5, 5.41) is 4.52. The number of aryl methyl sites for hydroxylation is 1. The topological polar surface area (TPSA) is 39.4 Å². The van der Waals surface area contributed by atoms with Crippen LogP contribution in [0, 0.1) is 0 Å². The molecule has 2 heterocycles. The van der Waals surface area contributed by atoms with Crippen LogP contribution in [0.2, 0.25) is 0 Å². The second kappa shape index (κ2) is 6.88. The third kappa shape index (κ3) is 3.08. The predicted molar refractivity (Wildman–Crippen MR) is 106 cm³/mol. The minimum atomic E-state index is 0.578. The third-order valence-corrected chi connectivity index (χ3v) is 5.18. The Balaban J connectivity index is 1.47. The highest BCUT2D eigenvalue weighted by Gasteiger charge is 2.20. The van der Waals surface area contributed by atoms with Crippen LogP contribution < -0.4 is 4.74 Å². The average Bonchev–Trinajstić information content (AvgIpc) is 3.20. The van der Waals surface area contributed by atoms with Gasteiger partial charge in [-0.05, 0) is 55.5 Å². The fourth-order valence-electron chi connectivity index (χ4n) is 3.83. The van der Waals surface area contributed by atoms with E-state index in [4.69, 9.17) is 9.72 Å². The molecule has 0 bridgehead atoms. The molecule has 0 atom stereocenters. The van der Waals surface area contributed by atoms with Gasteiger partial charge in [-0.2, -0.15) is 5.10 Å². The first-order chi connectivity index (χ1) is 13.4. The Labute approximate surface area is 158 Å². The molecule has 5 rings (SSSR count). The van der Waals surface area contributed by atoms with Crippen LogP contribution in [0.25, 0.3) is 16.9 Å². The first-order valence-corrected chi connectivity index (χ1v) is 9.51. The maximum absolute atomic E-state index is 5.93. The highest BCUT2D eigenvalue weighted by molar-refractivity contribution is 5.68. The number of nitrogens with zero attached hydrogens (tertiary/aromatic N) is 3. The van der Waals surface area contributed by atoms with Crippen molar-refractivity contribution >= 4 is 5.65 Å². The summed E-state index contributed by atoms with van der Waals surface area (Å²) in [6.07, 6.45) is 6.39. The Hall–Kier alpha value is -3.14. The van der Waals surface area contributed by atoms with E-state index in [2.05, 4.69) is 29.4 Å². The first kappa shape index (κ1) is 16.1. The van der Waals surface area contributed by atoms with Crippen molar-refractivity contribution in [2.45, 2.75) is 32.3 Å². The molecule has 134 valence electrons. The summed E-state index contributed by atoms with van der Waals surface area (Å²) in [6, 6.07) is 20.6. The molecule has 0 fully saturated rings. The summed E-state index contributed by atoms with van der Waals surface area (Å²) in [4.78, 5) is 4.82. The summed E-state index contributed by atoms with van der Waals surface area (Å²) in [5.41, 5.74) is 7.01. The van der Waals surface area contributed by atoms with Gasteiger partial charge in [0.2, 0.25) is 0 Å². The van der Waals surface area contributed by atoms with Crippen molar-refractivity contribution in [3.8, 4) is 17.0 Å². The molecule has 2 aromatic carbocycles. The van der Waals surface area contributed by atoms with Crippen LogP contribution in [0.3, 0.4) is 0 Å². The molecule has 4 nitrogen and oxygen atoms in total. The summed E-state index contributed by atoms with van der Waals surface area (Å²) in [5.74, 6) is 0.877. The molecule has 1 aliphatic carbocycles. The van der Waals surface area contributed by atoms with Gasteiger partial charge in [0.25, 0.3) is 0 Å². The van der Waals surface area contributed by atoms with Crippen LogP contribution >= 0.6 is 0 Å². The highest BCUT2D eigenvalue weighted by atomic mass is 16.5. The minimum absolute atomic E-state index is 0.578. The maximum Gasteiger partial charge on any atom is 0.155 e. The van der Waals surface area contributed by atoms with Crippen LogP contribution in [-0.2, 0) is 19.4 Å². The fraction of sp³-hybridized carbons (Fsp3) is 0.217. The lowest BCUT2D eigenvalue weighted by Crippen LogP contribution is -2.11. The van der Waals surface area contributed by atoms with Gasteiger partial charge in [-0.15, -0.1) is 0 Å². The normalized spacial score (nSPS) is 13.5. The largest absolute Gasteiger partial charge is 0.489 e. The van der Waals surface area contributed by atoms with Crippen molar-refractivity contribution in [3.63, 3.8) is 0 Å². The van der Waals surface area contributed by atoms with Crippen molar-refractivity contribution < 1.29 is 4.74 Å². The standard InChI is InChI=1S/C23H21N3O/c1-2-6-17(7-3-1)16-27-19-12-10-18(11-13-19)23-20-8-4-5-9-21(20)25-22-14-15-24-26(22)23/h1-3,6-7,10-15H,4-5,8-9,16H2. The number of hydrogen-bond acceptors (Lipinski definition) is 3. The molecule has 0 aliphatic heterocycles. The number of hydrogen-bond donors (Lipinski definition) is 0. The van der Waals surface area contributed by atoms with E-state index in [-0.39, 0.29) is 0 Å². The molecule has 2 aromatic heterocycles. The number of benzene rings is 2. The molecule has 27 heavy (non-hydrogen) atoms. The number of ether oxygens (including phenoxy) is 1. The molecule has 4 aromatic rings. The number of rotatable bonds is 4. The van der Waals surface area contributed by atoms with Crippen LogP contribution in [-0.4, -0.2) is 14.6 Å². The van der Waals surface area contributed by atoms with E-state index >= 15 is 0 Å². The lowest BCUT2D eigenvalue weighted by atomic mass is 9.92. The third-order valence-electron chi connectivity index (χ3n) is 5.18. The van der Waals surface area contributed by atoms with E-state index in [0.717, 1.165) is 29.8 Å². The second-order valence-corrected chi connectivity index (χ2v) is 6.99. The number of aromatic nitrogens is 3. The van der Waals surface area contributed by atoms with Gasteiger partial charge in [0.15, 0.2) is 5.65 Å². The first-order valence-electron chi connectivity index (χ1n) is 9.51. The molecule has 0 saturated carbocycles. The van der Waals surface area contributed by atoms with Gasteiger partial charge in [-0.25, -0.2) is 9.50 Å². The average molecular weight is 355 g/mol. The van der Waals surface area contributed by atoms with E-state index in [0.29, 0.717) is 6.61 Å². The molecular weight excluding hydrogens is 334 g/mol. The molecule has 1 aliphatic rings. The van der Waals surface area contributed by atoms with Gasteiger partial charge in [0.1, 0.15) is 12.4 Å². The van der Waals surface area contributed by atoms with Gasteiger partial charge < -0.3 is 4.74 Å². The van der Waals surface area contributed by atoms with Crippen LogP contribution in [0.5, 0.6) is 5.75 Å². The van der Waals surface area contributed by atoms with Gasteiger partial charge >= 0.3 is 0 Å². The van der Waals surface area contributed by atoms with Gasteiger partial charge in [0, 0.05) is 22.9 Å². The monoisotopic (exact) mass is 355 g/mol. The molecule has 0 saturated heterocycles. The lowest BCUT2D eigenvalue weighted by Gasteiger charge is -2.20. The zero-order chi connectivity index (χ0) is 18.1. The molecule has 0 N–H and O–H groups in total. The molecule has 0 unspecified atom stereocenters. The smallest absolute Gasteiger partial charge is 0.155 e.